The Morgan fingerprint density at radius 1 is 1.16 bits per heavy atom. The average molecular weight is 252 g/mol. The Balaban J connectivity index is 2.25. The van der Waals surface area contributed by atoms with E-state index in [9.17, 15) is 4.79 Å². The summed E-state index contributed by atoms with van der Waals surface area (Å²) < 4.78 is 6.69. The van der Waals surface area contributed by atoms with E-state index in [2.05, 4.69) is 4.98 Å². The molecule has 2 aromatic heterocycles. The largest absolute Gasteiger partial charge is 0.497 e. The molecular weight excluding hydrogens is 240 g/mol. The molecule has 2 heterocycles. The first-order valence-electron chi connectivity index (χ1n) is 5.90. The van der Waals surface area contributed by atoms with Crippen LogP contribution in [0.1, 0.15) is 0 Å². The lowest BCUT2D eigenvalue weighted by molar-refractivity contribution is 0.415. The van der Waals surface area contributed by atoms with Crippen LogP contribution in [0.4, 0.5) is 0 Å². The van der Waals surface area contributed by atoms with E-state index >= 15 is 0 Å². The molecule has 94 valence electrons. The zero-order chi connectivity index (χ0) is 13.2. The van der Waals surface area contributed by atoms with Crippen LogP contribution in [0, 0.1) is 0 Å². The highest BCUT2D eigenvalue weighted by Crippen LogP contribution is 2.18. The minimum Gasteiger partial charge on any atom is -0.497 e. The molecule has 1 aromatic carbocycles. The van der Waals surface area contributed by atoms with E-state index in [0.29, 0.717) is 11.2 Å². The molecule has 0 spiro atoms. The van der Waals surface area contributed by atoms with Crippen LogP contribution in [0.3, 0.4) is 0 Å². The summed E-state index contributed by atoms with van der Waals surface area (Å²) in [4.78, 5) is 16.6. The molecule has 0 radical (unpaired) electrons. The maximum Gasteiger partial charge on any atom is 0.264 e. The molecule has 0 saturated heterocycles. The van der Waals surface area contributed by atoms with Gasteiger partial charge in [-0.1, -0.05) is 6.07 Å². The summed E-state index contributed by atoms with van der Waals surface area (Å²) in [6, 6.07) is 12.8. The second kappa shape index (κ2) is 4.57. The van der Waals surface area contributed by atoms with Crippen molar-refractivity contribution >= 4 is 10.8 Å². The molecule has 0 N–H and O–H groups in total. The third-order valence-corrected chi connectivity index (χ3v) is 3.01. The number of hydrogen-bond donors (Lipinski definition) is 0. The molecule has 4 nitrogen and oxygen atoms in total. The van der Waals surface area contributed by atoms with Gasteiger partial charge in [-0.25, -0.2) is 4.98 Å². The molecule has 3 aromatic rings. The van der Waals surface area contributed by atoms with E-state index in [4.69, 9.17) is 4.74 Å². The number of aromatic nitrogens is 2. The number of rotatable bonds is 2. The molecule has 0 amide bonds. The fourth-order valence-electron chi connectivity index (χ4n) is 2.03. The molecular formula is C15H12N2O2. The lowest BCUT2D eigenvalue weighted by atomic mass is 10.1. The number of hydrogen-bond acceptors (Lipinski definition) is 3. The van der Waals surface area contributed by atoms with Gasteiger partial charge in [-0.3, -0.25) is 9.36 Å². The Morgan fingerprint density at radius 2 is 2.05 bits per heavy atom. The number of fused-ring (bicyclic) bond motifs is 1. The van der Waals surface area contributed by atoms with Crippen LogP contribution in [0.5, 0.6) is 5.75 Å². The fraction of sp³-hybridized carbons (Fsp3) is 0.0667. The second-order valence-electron chi connectivity index (χ2n) is 4.13. The summed E-state index contributed by atoms with van der Waals surface area (Å²) in [5, 5.41) is 1.51. The highest BCUT2D eigenvalue weighted by Gasteiger charge is 2.05. The molecule has 0 bridgehead atoms. The zero-order valence-electron chi connectivity index (χ0n) is 10.4. The van der Waals surface area contributed by atoms with Crippen molar-refractivity contribution in [3.05, 3.63) is 65.2 Å². The van der Waals surface area contributed by atoms with Crippen molar-refractivity contribution in [2.45, 2.75) is 0 Å². The topological polar surface area (TPSA) is 44.1 Å². The van der Waals surface area contributed by atoms with Crippen LogP contribution in [0.2, 0.25) is 0 Å². The van der Waals surface area contributed by atoms with Gasteiger partial charge >= 0.3 is 0 Å². The highest BCUT2D eigenvalue weighted by atomic mass is 16.5. The summed E-state index contributed by atoms with van der Waals surface area (Å²) in [5.41, 5.74) is -0.0844. The number of benzene rings is 1. The smallest absolute Gasteiger partial charge is 0.264 e. The lowest BCUT2D eigenvalue weighted by Crippen LogP contribution is -2.18. The Hall–Kier alpha value is -2.62. The minimum atomic E-state index is -0.0844. The van der Waals surface area contributed by atoms with Gasteiger partial charge in [-0.05, 0) is 41.8 Å². The molecule has 3 rings (SSSR count). The first-order chi connectivity index (χ1) is 9.29. The first-order valence-corrected chi connectivity index (χ1v) is 5.90. The van der Waals surface area contributed by atoms with Crippen molar-refractivity contribution in [3.63, 3.8) is 0 Å². The standard InChI is InChI=1S/C15H12N2O2/c1-19-12-5-6-13-11(10-12)7-9-17(15(13)18)14-4-2-3-8-16-14/h2-10H,1H3. The summed E-state index contributed by atoms with van der Waals surface area (Å²) in [6.07, 6.45) is 3.40. The third-order valence-electron chi connectivity index (χ3n) is 3.01. The number of nitrogens with zero attached hydrogens (tertiary/aromatic N) is 2. The summed E-state index contributed by atoms with van der Waals surface area (Å²) in [6.45, 7) is 0. The summed E-state index contributed by atoms with van der Waals surface area (Å²) in [7, 11) is 1.61. The van der Waals surface area contributed by atoms with Gasteiger partial charge in [0.05, 0.1) is 7.11 Å². The quantitative estimate of drug-likeness (QED) is 0.703. The van der Waals surface area contributed by atoms with E-state index in [1.165, 1.54) is 4.57 Å². The van der Waals surface area contributed by atoms with E-state index < -0.39 is 0 Å². The molecule has 0 fully saturated rings. The summed E-state index contributed by atoms with van der Waals surface area (Å²) in [5.74, 6) is 1.35. The average Bonchev–Trinajstić information content (AvgIpc) is 2.48. The molecule has 4 heteroatoms. The Bertz CT molecular complexity index is 779. The second-order valence-corrected chi connectivity index (χ2v) is 4.13. The predicted octanol–water partition coefficient (Wildman–Crippen LogP) is 2.39. The molecule has 0 aliphatic rings. The van der Waals surface area contributed by atoms with Gasteiger partial charge < -0.3 is 4.74 Å². The molecule has 0 saturated carbocycles. The zero-order valence-corrected chi connectivity index (χ0v) is 10.4. The van der Waals surface area contributed by atoms with E-state index in [1.807, 2.05) is 24.3 Å². The van der Waals surface area contributed by atoms with E-state index in [0.717, 1.165) is 11.1 Å². The molecule has 19 heavy (non-hydrogen) atoms. The summed E-state index contributed by atoms with van der Waals surface area (Å²) >= 11 is 0. The van der Waals surface area contributed by atoms with Gasteiger partial charge in [0.15, 0.2) is 0 Å². The van der Waals surface area contributed by atoms with Gasteiger partial charge in [0.1, 0.15) is 11.6 Å². The Kier molecular flexibility index (Phi) is 2.76. The lowest BCUT2D eigenvalue weighted by Gasteiger charge is -2.07. The van der Waals surface area contributed by atoms with Gasteiger partial charge in [0, 0.05) is 17.8 Å². The predicted molar refractivity (Wildman–Crippen MR) is 73.9 cm³/mol. The van der Waals surface area contributed by atoms with Crippen molar-refractivity contribution in [1.29, 1.82) is 0 Å². The van der Waals surface area contributed by atoms with Crippen LogP contribution in [-0.4, -0.2) is 16.7 Å². The molecule has 0 aliphatic heterocycles. The van der Waals surface area contributed by atoms with Crippen LogP contribution in [0.25, 0.3) is 16.6 Å². The maximum absolute atomic E-state index is 12.4. The van der Waals surface area contributed by atoms with E-state index in [-0.39, 0.29) is 5.56 Å². The highest BCUT2D eigenvalue weighted by molar-refractivity contribution is 5.83. The first kappa shape index (κ1) is 11.5. The van der Waals surface area contributed by atoms with Gasteiger partial charge in [0.25, 0.3) is 5.56 Å². The molecule has 0 aliphatic carbocycles. The number of pyridine rings is 2. The molecule has 0 unspecified atom stereocenters. The Labute approximate surface area is 109 Å². The SMILES string of the molecule is COc1ccc2c(=O)n(-c3ccccn3)ccc2c1. The van der Waals surface area contributed by atoms with Crippen molar-refractivity contribution in [3.8, 4) is 11.6 Å². The van der Waals surface area contributed by atoms with Gasteiger partial charge in [0.2, 0.25) is 0 Å². The monoisotopic (exact) mass is 252 g/mol. The van der Waals surface area contributed by atoms with Crippen molar-refractivity contribution in [2.24, 2.45) is 0 Å². The van der Waals surface area contributed by atoms with Gasteiger partial charge in [-0.15, -0.1) is 0 Å². The van der Waals surface area contributed by atoms with Crippen molar-refractivity contribution < 1.29 is 4.74 Å². The Morgan fingerprint density at radius 3 is 2.79 bits per heavy atom. The van der Waals surface area contributed by atoms with Crippen LogP contribution in [-0.2, 0) is 0 Å². The van der Waals surface area contributed by atoms with Crippen LogP contribution >= 0.6 is 0 Å². The third kappa shape index (κ3) is 1.97. The fourth-order valence-corrected chi connectivity index (χ4v) is 2.03. The van der Waals surface area contributed by atoms with Gasteiger partial charge in [-0.2, -0.15) is 0 Å². The maximum atomic E-state index is 12.4. The molecule has 0 atom stereocenters. The van der Waals surface area contributed by atoms with Crippen LogP contribution < -0.4 is 10.3 Å². The number of methoxy groups -OCH3 is 1. The number of ether oxygens (including phenoxy) is 1. The van der Waals surface area contributed by atoms with E-state index in [1.54, 1.807) is 37.7 Å². The minimum absolute atomic E-state index is 0.0844. The van der Waals surface area contributed by atoms with Crippen molar-refractivity contribution in [2.75, 3.05) is 7.11 Å². The normalized spacial score (nSPS) is 10.6. The van der Waals surface area contributed by atoms with Crippen molar-refractivity contribution in [1.82, 2.24) is 9.55 Å². The van der Waals surface area contributed by atoms with Crippen LogP contribution in [0.15, 0.2) is 59.7 Å².